The van der Waals surface area contributed by atoms with E-state index >= 15 is 0 Å². The van der Waals surface area contributed by atoms with Crippen LogP contribution in [-0.2, 0) is 23.9 Å². The van der Waals surface area contributed by atoms with Crippen LogP contribution in [0.4, 0.5) is 8.78 Å². The van der Waals surface area contributed by atoms with Crippen LogP contribution in [0.2, 0.25) is 0 Å². The van der Waals surface area contributed by atoms with Crippen molar-refractivity contribution in [2.75, 3.05) is 33.4 Å². The Hall–Kier alpha value is -3.04. The summed E-state index contributed by atoms with van der Waals surface area (Å²) in [5.74, 6) is -4.22. The van der Waals surface area contributed by atoms with Crippen LogP contribution in [0.3, 0.4) is 0 Å². The van der Waals surface area contributed by atoms with Crippen LogP contribution in [0.5, 0.6) is 0 Å². The van der Waals surface area contributed by atoms with Gasteiger partial charge in [-0.3, -0.25) is 19.2 Å². The van der Waals surface area contributed by atoms with Crippen LogP contribution in [0.1, 0.15) is 29.6 Å². The van der Waals surface area contributed by atoms with Gasteiger partial charge in [0.1, 0.15) is 11.6 Å². The highest BCUT2D eigenvalue weighted by Crippen LogP contribution is 2.18. The highest BCUT2D eigenvalue weighted by molar-refractivity contribution is 5.94. The Labute approximate surface area is 166 Å². The Morgan fingerprint density at radius 2 is 1.86 bits per heavy atom. The van der Waals surface area contributed by atoms with Crippen molar-refractivity contribution in [3.05, 3.63) is 35.4 Å². The molecule has 1 heterocycles. The standard InChI is InChI=1S/C19H22F2N2O6/c1-28-19(27)12-5-8-23(9-6-12)16(24)11-29-17(25)4-7-22-18(26)14-3-2-13(20)10-15(14)21/h2-3,10,12H,4-9,11H2,1H3,(H,22,26). The number of nitrogens with zero attached hydrogens (tertiary/aromatic N) is 1. The van der Waals surface area contributed by atoms with Crippen LogP contribution in [0.25, 0.3) is 0 Å². The van der Waals surface area contributed by atoms with Crippen LogP contribution >= 0.6 is 0 Å². The lowest BCUT2D eigenvalue weighted by atomic mass is 9.97. The molecule has 0 aromatic heterocycles. The zero-order valence-electron chi connectivity index (χ0n) is 15.9. The van der Waals surface area contributed by atoms with E-state index in [9.17, 15) is 28.0 Å². The van der Waals surface area contributed by atoms with Gasteiger partial charge in [-0.25, -0.2) is 8.78 Å². The molecule has 2 rings (SSSR count). The summed E-state index contributed by atoms with van der Waals surface area (Å²) in [4.78, 5) is 48.6. The second-order valence-corrected chi connectivity index (χ2v) is 6.47. The maximum atomic E-state index is 13.5. The average molecular weight is 412 g/mol. The van der Waals surface area contributed by atoms with Crippen molar-refractivity contribution in [1.82, 2.24) is 10.2 Å². The second-order valence-electron chi connectivity index (χ2n) is 6.47. The van der Waals surface area contributed by atoms with Gasteiger partial charge in [-0.2, -0.15) is 0 Å². The molecule has 2 amide bonds. The number of piperidine rings is 1. The van der Waals surface area contributed by atoms with E-state index in [-0.39, 0.29) is 36.3 Å². The van der Waals surface area contributed by atoms with Gasteiger partial charge in [-0.1, -0.05) is 0 Å². The molecule has 1 aromatic rings. The second kappa shape index (κ2) is 10.5. The van der Waals surface area contributed by atoms with Crippen molar-refractivity contribution in [1.29, 1.82) is 0 Å². The normalized spacial score (nSPS) is 14.2. The molecule has 1 fully saturated rings. The van der Waals surface area contributed by atoms with Crippen molar-refractivity contribution in [3.63, 3.8) is 0 Å². The molecule has 29 heavy (non-hydrogen) atoms. The molecule has 0 unspecified atom stereocenters. The predicted molar refractivity (Wildman–Crippen MR) is 95.6 cm³/mol. The summed E-state index contributed by atoms with van der Waals surface area (Å²) < 4.78 is 35.9. The number of hydrogen-bond acceptors (Lipinski definition) is 6. The number of halogens is 2. The first kappa shape index (κ1) is 22.3. The fraction of sp³-hybridized carbons (Fsp3) is 0.474. The Kier molecular flexibility index (Phi) is 8.05. The first-order chi connectivity index (χ1) is 13.8. The summed E-state index contributed by atoms with van der Waals surface area (Å²) in [6.07, 6.45) is 0.753. The molecule has 1 aromatic carbocycles. The van der Waals surface area contributed by atoms with E-state index in [1.54, 1.807) is 0 Å². The van der Waals surface area contributed by atoms with Gasteiger partial charge in [0, 0.05) is 25.7 Å². The summed E-state index contributed by atoms with van der Waals surface area (Å²) in [5.41, 5.74) is -0.342. The van der Waals surface area contributed by atoms with Gasteiger partial charge >= 0.3 is 11.9 Å². The zero-order valence-corrected chi connectivity index (χ0v) is 15.9. The molecule has 158 valence electrons. The van der Waals surface area contributed by atoms with Crippen LogP contribution < -0.4 is 5.32 Å². The monoisotopic (exact) mass is 412 g/mol. The maximum Gasteiger partial charge on any atom is 0.308 e. The molecule has 10 heteroatoms. The Bertz CT molecular complexity index is 778. The van der Waals surface area contributed by atoms with Gasteiger partial charge < -0.3 is 19.7 Å². The molecule has 0 atom stereocenters. The highest BCUT2D eigenvalue weighted by Gasteiger charge is 2.28. The molecule has 8 nitrogen and oxygen atoms in total. The van der Waals surface area contributed by atoms with Gasteiger partial charge in [0.15, 0.2) is 6.61 Å². The maximum absolute atomic E-state index is 13.5. The third-order valence-electron chi connectivity index (χ3n) is 4.53. The van der Waals surface area contributed by atoms with Crippen molar-refractivity contribution < 1.29 is 37.4 Å². The highest BCUT2D eigenvalue weighted by atomic mass is 19.1. The lowest BCUT2D eigenvalue weighted by Gasteiger charge is -2.30. The summed E-state index contributed by atoms with van der Waals surface area (Å²) in [6, 6.07) is 2.54. The van der Waals surface area contributed by atoms with Crippen molar-refractivity contribution in [2.45, 2.75) is 19.3 Å². The molecule has 1 saturated heterocycles. The number of esters is 2. The van der Waals surface area contributed by atoms with E-state index < -0.39 is 30.1 Å². The first-order valence-electron chi connectivity index (χ1n) is 9.06. The number of rotatable bonds is 7. The number of amides is 2. The number of benzene rings is 1. The van der Waals surface area contributed by atoms with Gasteiger partial charge in [0.25, 0.3) is 11.8 Å². The molecule has 0 aliphatic carbocycles. The summed E-state index contributed by atoms with van der Waals surface area (Å²) in [7, 11) is 1.32. The van der Waals surface area contributed by atoms with E-state index in [0.29, 0.717) is 32.0 Å². The third kappa shape index (κ3) is 6.51. The molecular formula is C19H22F2N2O6. The average Bonchev–Trinajstić information content (AvgIpc) is 2.71. The molecule has 0 spiro atoms. The molecule has 0 radical (unpaired) electrons. The molecule has 1 aliphatic rings. The number of carbonyl (C=O) groups is 4. The van der Waals surface area contributed by atoms with Gasteiger partial charge in [-0.15, -0.1) is 0 Å². The molecule has 1 aliphatic heterocycles. The van der Waals surface area contributed by atoms with Crippen molar-refractivity contribution >= 4 is 23.8 Å². The van der Waals surface area contributed by atoms with Gasteiger partial charge in [0.2, 0.25) is 0 Å². The minimum absolute atomic E-state index is 0.132. The Morgan fingerprint density at radius 3 is 2.48 bits per heavy atom. The zero-order chi connectivity index (χ0) is 21.4. The number of hydrogen-bond donors (Lipinski definition) is 1. The fourth-order valence-electron chi connectivity index (χ4n) is 2.88. The lowest BCUT2D eigenvalue weighted by Crippen LogP contribution is -2.42. The topological polar surface area (TPSA) is 102 Å². The van der Waals surface area contributed by atoms with Gasteiger partial charge in [0.05, 0.1) is 25.0 Å². The van der Waals surface area contributed by atoms with E-state index in [1.165, 1.54) is 12.0 Å². The predicted octanol–water partition coefficient (Wildman–Crippen LogP) is 1.04. The fourth-order valence-corrected chi connectivity index (χ4v) is 2.88. The number of nitrogens with one attached hydrogen (secondary N) is 1. The van der Waals surface area contributed by atoms with Crippen LogP contribution in [0.15, 0.2) is 18.2 Å². The van der Waals surface area contributed by atoms with Crippen molar-refractivity contribution in [3.8, 4) is 0 Å². The minimum atomic E-state index is -1.01. The van der Waals surface area contributed by atoms with E-state index in [0.717, 1.165) is 12.1 Å². The number of likely N-dealkylation sites (tertiary alicyclic amines) is 1. The minimum Gasteiger partial charge on any atom is -0.469 e. The van der Waals surface area contributed by atoms with E-state index in [2.05, 4.69) is 10.1 Å². The Morgan fingerprint density at radius 1 is 1.17 bits per heavy atom. The van der Waals surface area contributed by atoms with Gasteiger partial charge in [-0.05, 0) is 25.0 Å². The van der Waals surface area contributed by atoms with Crippen LogP contribution in [-0.4, -0.2) is 62.0 Å². The van der Waals surface area contributed by atoms with Crippen LogP contribution in [0, 0.1) is 17.6 Å². The first-order valence-corrected chi connectivity index (χ1v) is 9.06. The van der Waals surface area contributed by atoms with E-state index in [1.807, 2.05) is 0 Å². The smallest absolute Gasteiger partial charge is 0.308 e. The van der Waals surface area contributed by atoms with Crippen molar-refractivity contribution in [2.24, 2.45) is 5.92 Å². The number of carbonyl (C=O) groups excluding carboxylic acids is 4. The lowest BCUT2D eigenvalue weighted by molar-refractivity contribution is -0.154. The largest absolute Gasteiger partial charge is 0.469 e. The number of methoxy groups -OCH3 is 1. The quantitative estimate of drug-likeness (QED) is 0.672. The summed E-state index contributed by atoms with van der Waals surface area (Å²) in [5, 5.41) is 2.32. The third-order valence-corrected chi connectivity index (χ3v) is 4.53. The summed E-state index contributed by atoms with van der Waals surface area (Å²) >= 11 is 0. The van der Waals surface area contributed by atoms with E-state index in [4.69, 9.17) is 4.74 Å². The molecule has 0 bridgehead atoms. The molecular weight excluding hydrogens is 390 g/mol. The molecule has 0 saturated carbocycles. The Balaban J connectivity index is 1.66. The SMILES string of the molecule is COC(=O)C1CCN(C(=O)COC(=O)CCNC(=O)c2ccc(F)cc2F)CC1. The summed E-state index contributed by atoms with van der Waals surface area (Å²) in [6.45, 7) is 0.167. The molecule has 1 N–H and O–H groups in total. The number of ether oxygens (including phenoxy) is 2.